The van der Waals surface area contributed by atoms with E-state index in [1.165, 1.54) is 0 Å². The monoisotopic (exact) mass is 1330 g/mol. The second-order valence-corrected chi connectivity index (χ2v) is 26.0. The summed E-state index contributed by atoms with van der Waals surface area (Å²) < 4.78 is 34.6. The van der Waals surface area contributed by atoms with Gasteiger partial charge in [0.05, 0.1) is 37.3 Å². The number of carboxylic acid groups (broad SMARTS) is 2. The summed E-state index contributed by atoms with van der Waals surface area (Å²) in [4.78, 5) is 43.1. The normalized spacial score (nSPS) is 21.4. The lowest BCUT2D eigenvalue weighted by atomic mass is 9.93. The first kappa shape index (κ1) is 79.9. The Balaban J connectivity index is 0.000000333. The summed E-state index contributed by atoms with van der Waals surface area (Å²) in [6.07, 6.45) is -5.62. The van der Waals surface area contributed by atoms with Gasteiger partial charge in [0.1, 0.15) is 60.3 Å². The molecule has 2 saturated heterocycles. The third-order valence-corrected chi connectivity index (χ3v) is 16.4. The molecule has 0 aliphatic carbocycles. The molecular formula is C66H106N8O20. The van der Waals surface area contributed by atoms with E-state index in [0.29, 0.717) is 52.2 Å². The molecule has 6 rings (SSSR count). The fourth-order valence-corrected chi connectivity index (χ4v) is 10.1. The number of rotatable bonds is 37. The third kappa shape index (κ3) is 24.9. The molecule has 2 aliphatic heterocycles. The Bertz CT molecular complexity index is 2760. The Labute approximate surface area is 550 Å². The van der Waals surface area contributed by atoms with Crippen molar-refractivity contribution in [3.8, 4) is 23.3 Å². The van der Waals surface area contributed by atoms with Crippen LogP contribution in [-0.2, 0) is 41.5 Å². The van der Waals surface area contributed by atoms with Crippen LogP contribution >= 0.6 is 0 Å². The number of ether oxygens (including phenoxy) is 6. The van der Waals surface area contributed by atoms with Crippen LogP contribution in [0, 0.1) is 24.7 Å². The van der Waals surface area contributed by atoms with Gasteiger partial charge in [-0.15, -0.1) is 10.2 Å². The molecule has 0 spiro atoms. The summed E-state index contributed by atoms with van der Waals surface area (Å²) in [6, 6.07) is 11.7. The molecule has 18 N–H and O–H groups in total. The van der Waals surface area contributed by atoms with Crippen molar-refractivity contribution in [2.75, 3.05) is 52.6 Å². The number of H-pyrrole nitrogens is 2. The zero-order chi connectivity index (χ0) is 70.0. The lowest BCUT2D eigenvalue weighted by Gasteiger charge is -2.39. The van der Waals surface area contributed by atoms with Crippen LogP contribution in [0.5, 0.6) is 23.3 Å². The molecule has 28 nitrogen and oxygen atoms in total. The van der Waals surface area contributed by atoms with Gasteiger partial charge in [0, 0.05) is 61.3 Å². The Hall–Kier alpha value is -6.54. The molecule has 4 aromatic rings. The van der Waals surface area contributed by atoms with Crippen LogP contribution in [0.2, 0.25) is 0 Å². The quantitative estimate of drug-likeness (QED) is 0.0288. The molecule has 2 amide bonds. The number of nitrogens with zero attached hydrogens (tertiary/aromatic N) is 2. The Kier molecular flexibility index (Phi) is 33.0. The van der Waals surface area contributed by atoms with Crippen LogP contribution in [0.3, 0.4) is 0 Å². The third-order valence-electron chi connectivity index (χ3n) is 16.4. The van der Waals surface area contributed by atoms with Crippen molar-refractivity contribution in [1.29, 1.82) is 0 Å². The van der Waals surface area contributed by atoms with Crippen molar-refractivity contribution in [1.82, 2.24) is 31.0 Å². The van der Waals surface area contributed by atoms with E-state index in [9.17, 15) is 60.0 Å². The number of unbranched alkanes of at least 4 members (excludes halogenated alkanes) is 5. The number of aryl methyl sites for hydroxylation is 2. The molecule has 2 fully saturated rings. The van der Waals surface area contributed by atoms with Crippen molar-refractivity contribution in [2.24, 2.45) is 22.3 Å². The van der Waals surface area contributed by atoms with Gasteiger partial charge in [-0.05, 0) is 139 Å². The van der Waals surface area contributed by atoms with Crippen LogP contribution in [0.25, 0.3) is 0 Å². The largest absolute Gasteiger partial charge is 0.494 e. The molecule has 10 atom stereocenters. The van der Waals surface area contributed by atoms with Gasteiger partial charge in [0.2, 0.25) is 36.2 Å². The fraction of sp³-hybridized carbons (Fsp3) is 0.667. The summed E-state index contributed by atoms with van der Waals surface area (Å²) in [5.41, 5.74) is 16.9. The van der Waals surface area contributed by atoms with Gasteiger partial charge in [-0.1, -0.05) is 65.5 Å². The molecule has 0 bridgehead atoms. The number of hydrogen-bond acceptors (Lipinski definition) is 22. The zero-order valence-electron chi connectivity index (χ0n) is 56.1. The number of benzene rings is 2. The highest BCUT2D eigenvalue weighted by atomic mass is 16.7. The number of aromatic amines is 2. The summed E-state index contributed by atoms with van der Waals surface area (Å²) >= 11 is 0. The number of aliphatic hydroxyl groups excluding tert-OH is 8. The van der Waals surface area contributed by atoms with Gasteiger partial charge in [0.25, 0.3) is 0 Å². The van der Waals surface area contributed by atoms with Crippen molar-refractivity contribution in [2.45, 2.75) is 220 Å². The van der Waals surface area contributed by atoms with E-state index >= 15 is 0 Å². The lowest BCUT2D eigenvalue weighted by Crippen LogP contribution is -2.60. The van der Waals surface area contributed by atoms with E-state index in [1.807, 2.05) is 77.9 Å². The van der Waals surface area contributed by atoms with E-state index in [0.717, 1.165) is 108 Å². The molecule has 94 heavy (non-hydrogen) atoms. The highest BCUT2D eigenvalue weighted by molar-refractivity contribution is 5.80. The summed E-state index contributed by atoms with van der Waals surface area (Å²) in [5.74, 6) is -0.0584. The predicted molar refractivity (Wildman–Crippen MR) is 346 cm³/mol. The van der Waals surface area contributed by atoms with Crippen molar-refractivity contribution >= 4 is 23.8 Å². The summed E-state index contributed by atoms with van der Waals surface area (Å²) in [6.45, 7) is 21.6. The van der Waals surface area contributed by atoms with Crippen LogP contribution in [0.4, 0.5) is 0 Å². The van der Waals surface area contributed by atoms with Gasteiger partial charge in [-0.3, -0.25) is 29.4 Å². The van der Waals surface area contributed by atoms with Crippen LogP contribution in [0.15, 0.2) is 36.4 Å². The standard InChI is InChI=1S/2C28H44N4O8.C10H18O4/c2*1-15(2)21-19(25(32-31-21)40-26-24(36)23(35)22(34)20(13-33)39-26)12-17-7-8-18(11-16(17)3)38-10-6-9-30-14-28(4,5)27(29)37;11-9(12)7-5-3-1-2-4-6-8-10(13)14/h2*7-8,11,15,20,22-24,26,30,33-36H,6,9-10,12-14H2,1-5H3,(H2,29,37)(H,31,32);1-8H2,(H,11,12)(H,13,14)/t2*20-,22-,23+,24-,26?;/m11./s1. The van der Waals surface area contributed by atoms with Crippen molar-refractivity contribution in [3.05, 3.63) is 81.2 Å². The second kappa shape index (κ2) is 38.9. The maximum atomic E-state index is 11.4. The number of hydrogen-bond donors (Lipinski definition) is 16. The first-order chi connectivity index (χ1) is 44.3. The number of nitrogens with one attached hydrogen (secondary N) is 4. The number of carbonyl (C=O) groups is 4. The average Bonchev–Trinajstić information content (AvgIpc) is 1.56. The van der Waals surface area contributed by atoms with Gasteiger partial charge >= 0.3 is 11.9 Å². The Morgan fingerprint density at radius 1 is 0.553 bits per heavy atom. The summed E-state index contributed by atoms with van der Waals surface area (Å²) in [7, 11) is 0. The molecule has 530 valence electrons. The molecule has 2 aromatic carbocycles. The Morgan fingerprint density at radius 3 is 1.21 bits per heavy atom. The predicted octanol–water partition coefficient (Wildman–Crippen LogP) is 3.24. The van der Waals surface area contributed by atoms with Gasteiger partial charge < -0.3 is 102 Å². The van der Waals surface area contributed by atoms with Crippen molar-refractivity contribution in [3.63, 3.8) is 0 Å². The number of aromatic nitrogens is 4. The van der Waals surface area contributed by atoms with E-state index in [4.69, 9.17) is 50.1 Å². The number of nitrogens with two attached hydrogens (primary N) is 2. The van der Waals surface area contributed by atoms with E-state index in [2.05, 4.69) is 31.0 Å². The molecule has 0 radical (unpaired) electrons. The fourth-order valence-electron chi connectivity index (χ4n) is 10.1. The number of carbonyl (C=O) groups excluding carboxylic acids is 2. The maximum absolute atomic E-state index is 11.4. The molecule has 28 heteroatoms. The molecule has 4 heterocycles. The zero-order valence-corrected chi connectivity index (χ0v) is 56.1. The molecule has 2 unspecified atom stereocenters. The number of aliphatic carboxylic acids is 2. The maximum Gasteiger partial charge on any atom is 0.303 e. The number of amides is 2. The van der Waals surface area contributed by atoms with Gasteiger partial charge in [-0.2, -0.15) is 0 Å². The van der Waals surface area contributed by atoms with Crippen molar-refractivity contribution < 1.29 is 98.7 Å². The first-order valence-corrected chi connectivity index (χ1v) is 32.3. The van der Waals surface area contributed by atoms with Crippen LogP contribution < -0.4 is 41.0 Å². The van der Waals surface area contributed by atoms with Gasteiger partial charge in [0.15, 0.2) is 0 Å². The molecule has 2 aromatic heterocycles. The molecule has 2 aliphatic rings. The minimum Gasteiger partial charge on any atom is -0.494 e. The topological polar surface area (TPSA) is 459 Å². The van der Waals surface area contributed by atoms with Crippen LogP contribution in [-0.4, -0.2) is 209 Å². The van der Waals surface area contributed by atoms with E-state index in [-0.39, 0.29) is 48.3 Å². The second-order valence-electron chi connectivity index (χ2n) is 26.0. The Morgan fingerprint density at radius 2 is 0.904 bits per heavy atom. The minimum atomic E-state index is -1.55. The number of primary amides is 2. The molecule has 0 saturated carbocycles. The number of carboxylic acids is 2. The number of aliphatic hydroxyl groups is 8. The average molecular weight is 1330 g/mol. The smallest absolute Gasteiger partial charge is 0.303 e. The van der Waals surface area contributed by atoms with E-state index in [1.54, 1.807) is 27.7 Å². The lowest BCUT2D eigenvalue weighted by molar-refractivity contribution is -0.278. The minimum absolute atomic E-state index is 0.0970. The highest BCUT2D eigenvalue weighted by Gasteiger charge is 2.47. The van der Waals surface area contributed by atoms with Gasteiger partial charge in [-0.25, -0.2) is 0 Å². The SMILES string of the molecule is Cc1cc(OCCCNCC(C)(C)C(N)=O)ccc1Cc1c(OC2O[C@H](CO)[C@@H](O)[C@H](O)[C@H]2O)n[nH]c1C(C)C.Cc1cc(OCCCNCC(C)(C)C(N)=O)ccc1Cc1c(OC2O[C@H](CO)[C@@H](O)[C@H](O)[C@H]2O)n[nH]c1C(C)C.O=C(O)CCCCCCCCC(=O)O. The summed E-state index contributed by atoms with van der Waals surface area (Å²) in [5, 5.41) is 118. The first-order valence-electron chi connectivity index (χ1n) is 32.3. The van der Waals surface area contributed by atoms with E-state index < -0.39 is 97.4 Å². The van der Waals surface area contributed by atoms with Crippen LogP contribution in [0.1, 0.15) is 176 Å². The highest BCUT2D eigenvalue weighted by Crippen LogP contribution is 2.35. The molecular weight excluding hydrogens is 1220 g/mol.